The van der Waals surface area contributed by atoms with Gasteiger partial charge in [-0.3, -0.25) is 0 Å². The molecule has 0 fully saturated rings. The molecule has 3 rings (SSSR count). The molecule has 0 aliphatic carbocycles. The third kappa shape index (κ3) is 2.84. The van der Waals surface area contributed by atoms with Crippen molar-refractivity contribution in [3.05, 3.63) is 41.6 Å². The van der Waals surface area contributed by atoms with Gasteiger partial charge in [0, 0.05) is 11.1 Å². The summed E-state index contributed by atoms with van der Waals surface area (Å²) in [6.07, 6.45) is 1.73. The van der Waals surface area contributed by atoms with E-state index in [-0.39, 0.29) is 0 Å². The number of halogens is 1. The number of ether oxygens (including phenoxy) is 1. The summed E-state index contributed by atoms with van der Waals surface area (Å²) < 4.78 is 6.40. The first-order valence-electron chi connectivity index (χ1n) is 6.16. The number of benzene rings is 1. The van der Waals surface area contributed by atoms with Crippen molar-refractivity contribution in [1.82, 2.24) is 9.97 Å². The molecule has 4 nitrogen and oxygen atoms in total. The molecule has 0 bridgehead atoms. The van der Waals surface area contributed by atoms with E-state index in [1.54, 1.807) is 17.5 Å². The van der Waals surface area contributed by atoms with Crippen LogP contribution in [0.5, 0.6) is 5.88 Å². The highest BCUT2D eigenvalue weighted by molar-refractivity contribution is 7.22. The van der Waals surface area contributed by atoms with Gasteiger partial charge in [-0.05, 0) is 31.2 Å². The molecule has 0 radical (unpaired) electrons. The lowest BCUT2D eigenvalue weighted by Gasteiger charge is -2.04. The summed E-state index contributed by atoms with van der Waals surface area (Å²) >= 11 is 7.53. The van der Waals surface area contributed by atoms with Crippen LogP contribution < -0.4 is 10.1 Å². The summed E-state index contributed by atoms with van der Waals surface area (Å²) in [7, 11) is 0. The number of pyridine rings is 1. The fraction of sp³-hybridized carbons (Fsp3) is 0.143. The number of nitrogens with one attached hydrogen (secondary N) is 1. The molecule has 3 aromatic rings. The van der Waals surface area contributed by atoms with Crippen molar-refractivity contribution in [2.75, 3.05) is 11.9 Å². The van der Waals surface area contributed by atoms with Crippen LogP contribution in [0.4, 0.5) is 10.8 Å². The molecular formula is C14H12ClN3OS. The molecule has 20 heavy (non-hydrogen) atoms. The van der Waals surface area contributed by atoms with Crippen molar-refractivity contribution in [2.24, 2.45) is 0 Å². The number of nitrogens with zero attached hydrogens (tertiary/aromatic N) is 2. The molecule has 0 saturated heterocycles. The molecule has 1 aromatic carbocycles. The highest BCUT2D eigenvalue weighted by atomic mass is 35.5. The number of anilines is 2. The van der Waals surface area contributed by atoms with Gasteiger partial charge in [0.15, 0.2) is 5.13 Å². The fourth-order valence-corrected chi connectivity index (χ4v) is 2.80. The molecule has 0 atom stereocenters. The summed E-state index contributed by atoms with van der Waals surface area (Å²) in [6.45, 7) is 2.54. The van der Waals surface area contributed by atoms with Gasteiger partial charge in [0.2, 0.25) is 5.88 Å². The molecule has 0 unspecified atom stereocenters. The number of hydrogen-bond donors (Lipinski definition) is 1. The van der Waals surface area contributed by atoms with Gasteiger partial charge >= 0.3 is 0 Å². The number of hydrogen-bond acceptors (Lipinski definition) is 5. The van der Waals surface area contributed by atoms with E-state index < -0.39 is 0 Å². The lowest BCUT2D eigenvalue weighted by Crippen LogP contribution is -1.95. The minimum Gasteiger partial charge on any atom is -0.478 e. The van der Waals surface area contributed by atoms with E-state index in [4.69, 9.17) is 16.3 Å². The predicted molar refractivity (Wildman–Crippen MR) is 83.3 cm³/mol. The third-order valence-electron chi connectivity index (χ3n) is 2.63. The van der Waals surface area contributed by atoms with Crippen LogP contribution in [0.15, 0.2) is 36.5 Å². The van der Waals surface area contributed by atoms with Gasteiger partial charge in [-0.1, -0.05) is 22.9 Å². The number of rotatable bonds is 4. The number of thiazole rings is 1. The van der Waals surface area contributed by atoms with Crippen LogP contribution in [0.2, 0.25) is 5.02 Å². The van der Waals surface area contributed by atoms with Crippen LogP contribution in [0.1, 0.15) is 6.92 Å². The van der Waals surface area contributed by atoms with Crippen LogP contribution in [0, 0.1) is 0 Å². The second-order valence-electron chi connectivity index (χ2n) is 4.07. The first kappa shape index (κ1) is 13.1. The first-order valence-corrected chi connectivity index (χ1v) is 7.36. The Labute approximate surface area is 125 Å². The van der Waals surface area contributed by atoms with Crippen LogP contribution in [0.3, 0.4) is 0 Å². The Bertz CT molecular complexity index is 727. The predicted octanol–water partition coefficient (Wildman–Crippen LogP) is 4.49. The van der Waals surface area contributed by atoms with E-state index in [0.29, 0.717) is 17.5 Å². The maximum absolute atomic E-state index is 5.96. The highest BCUT2D eigenvalue weighted by Crippen LogP contribution is 2.30. The quantitative estimate of drug-likeness (QED) is 0.771. The van der Waals surface area contributed by atoms with Crippen LogP contribution in [0.25, 0.3) is 10.2 Å². The van der Waals surface area contributed by atoms with Crippen LogP contribution in [-0.2, 0) is 0 Å². The third-order valence-corrected chi connectivity index (χ3v) is 3.82. The molecule has 0 amide bonds. The van der Waals surface area contributed by atoms with Crippen molar-refractivity contribution in [2.45, 2.75) is 6.92 Å². The zero-order valence-electron chi connectivity index (χ0n) is 10.8. The van der Waals surface area contributed by atoms with Gasteiger partial charge in [-0.15, -0.1) is 0 Å². The molecule has 2 aromatic heterocycles. The molecule has 0 aliphatic rings. The van der Waals surface area contributed by atoms with E-state index in [2.05, 4.69) is 15.3 Å². The van der Waals surface area contributed by atoms with Crippen molar-refractivity contribution in [3.8, 4) is 5.88 Å². The molecule has 1 N–H and O–H groups in total. The minimum atomic E-state index is 0.610. The molecule has 6 heteroatoms. The van der Waals surface area contributed by atoms with Gasteiger partial charge in [0.1, 0.15) is 0 Å². The summed E-state index contributed by atoms with van der Waals surface area (Å²) in [5.74, 6) is 0.620. The summed E-state index contributed by atoms with van der Waals surface area (Å²) in [5, 5.41) is 4.73. The number of aromatic nitrogens is 2. The average Bonchev–Trinajstić information content (AvgIpc) is 2.82. The minimum absolute atomic E-state index is 0.610. The highest BCUT2D eigenvalue weighted by Gasteiger charge is 2.05. The van der Waals surface area contributed by atoms with E-state index in [1.165, 1.54) is 0 Å². The second-order valence-corrected chi connectivity index (χ2v) is 5.54. The fourth-order valence-electron chi connectivity index (χ4n) is 1.77. The van der Waals surface area contributed by atoms with E-state index in [0.717, 1.165) is 21.0 Å². The smallest absolute Gasteiger partial charge is 0.213 e. The van der Waals surface area contributed by atoms with E-state index in [9.17, 15) is 0 Å². The zero-order valence-corrected chi connectivity index (χ0v) is 12.3. The molecule has 0 spiro atoms. The van der Waals surface area contributed by atoms with Crippen LogP contribution >= 0.6 is 22.9 Å². The molecular weight excluding hydrogens is 294 g/mol. The van der Waals surface area contributed by atoms with Crippen LogP contribution in [-0.4, -0.2) is 16.6 Å². The normalized spacial score (nSPS) is 10.7. The van der Waals surface area contributed by atoms with Gasteiger partial charge in [-0.2, -0.15) is 0 Å². The van der Waals surface area contributed by atoms with Crippen molar-refractivity contribution in [1.29, 1.82) is 0 Å². The summed E-state index contributed by atoms with van der Waals surface area (Å²) in [4.78, 5) is 8.70. The average molecular weight is 306 g/mol. The summed E-state index contributed by atoms with van der Waals surface area (Å²) in [6, 6.07) is 9.43. The zero-order chi connectivity index (χ0) is 13.9. The lowest BCUT2D eigenvalue weighted by atomic mass is 10.3. The maximum atomic E-state index is 5.96. The Morgan fingerprint density at radius 3 is 2.95 bits per heavy atom. The summed E-state index contributed by atoms with van der Waals surface area (Å²) in [5.41, 5.74) is 1.77. The molecule has 2 heterocycles. The van der Waals surface area contributed by atoms with E-state index >= 15 is 0 Å². The van der Waals surface area contributed by atoms with Gasteiger partial charge < -0.3 is 10.1 Å². The Morgan fingerprint density at radius 2 is 2.20 bits per heavy atom. The van der Waals surface area contributed by atoms with Gasteiger partial charge in [-0.25, -0.2) is 9.97 Å². The molecule has 0 saturated carbocycles. The second kappa shape index (κ2) is 5.64. The largest absolute Gasteiger partial charge is 0.478 e. The van der Waals surface area contributed by atoms with Crippen molar-refractivity contribution >= 4 is 44.0 Å². The van der Waals surface area contributed by atoms with Crippen molar-refractivity contribution < 1.29 is 4.74 Å². The Hall–Kier alpha value is -1.85. The number of fused-ring (bicyclic) bond motifs is 1. The molecule has 0 aliphatic heterocycles. The van der Waals surface area contributed by atoms with E-state index in [1.807, 2.05) is 37.3 Å². The van der Waals surface area contributed by atoms with Crippen molar-refractivity contribution in [3.63, 3.8) is 0 Å². The topological polar surface area (TPSA) is 47.0 Å². The molecule has 102 valence electrons. The monoisotopic (exact) mass is 305 g/mol. The maximum Gasteiger partial charge on any atom is 0.213 e. The Morgan fingerprint density at radius 1 is 1.30 bits per heavy atom. The van der Waals surface area contributed by atoms with Gasteiger partial charge in [0.05, 0.1) is 28.7 Å². The standard InChI is InChI=1S/C14H12ClN3OS/c1-2-19-13-6-4-10(8-16-13)17-14-18-11-7-9(15)3-5-12(11)20-14/h3-8H,2H2,1H3,(H,17,18). The Balaban J connectivity index is 1.81. The first-order chi connectivity index (χ1) is 9.74. The van der Waals surface area contributed by atoms with Gasteiger partial charge in [0.25, 0.3) is 0 Å². The SMILES string of the molecule is CCOc1ccc(Nc2nc3cc(Cl)ccc3s2)cn1. The lowest BCUT2D eigenvalue weighted by molar-refractivity contribution is 0.327. The Kier molecular flexibility index (Phi) is 3.71.